The minimum atomic E-state index is -0.504. The number of non-ortho nitro benzene ring substituents is 1. The number of nitro groups is 1. The van der Waals surface area contributed by atoms with Crippen LogP contribution in [0.3, 0.4) is 0 Å². The van der Waals surface area contributed by atoms with E-state index in [0.29, 0.717) is 10.8 Å². The summed E-state index contributed by atoms with van der Waals surface area (Å²) in [6.07, 6.45) is 1.59. The number of aromatic nitrogens is 3. The number of hydrogen-bond donors (Lipinski definition) is 1. The first-order valence-corrected chi connectivity index (χ1v) is 8.60. The number of carbonyl (C=O) groups is 1. The predicted molar refractivity (Wildman–Crippen MR) is 98.4 cm³/mol. The van der Waals surface area contributed by atoms with E-state index >= 15 is 0 Å². The normalized spacial score (nSPS) is 11.7. The van der Waals surface area contributed by atoms with E-state index in [2.05, 4.69) is 15.5 Å². The number of para-hydroxylation sites is 1. The topological polar surface area (TPSA) is 103 Å². The number of amides is 1. The van der Waals surface area contributed by atoms with E-state index in [1.807, 2.05) is 30.3 Å². The van der Waals surface area contributed by atoms with Gasteiger partial charge in [-0.2, -0.15) is 0 Å². The van der Waals surface area contributed by atoms with Crippen molar-refractivity contribution in [3.63, 3.8) is 0 Å². The van der Waals surface area contributed by atoms with Crippen LogP contribution in [-0.2, 0) is 4.79 Å². The minimum absolute atomic E-state index is 0.0769. The van der Waals surface area contributed by atoms with Crippen LogP contribution in [0.25, 0.3) is 5.69 Å². The predicted octanol–water partition coefficient (Wildman–Crippen LogP) is 3.29. The number of carbonyl (C=O) groups excluding carboxylic acids is 1. The van der Waals surface area contributed by atoms with Crippen LogP contribution in [0.15, 0.2) is 66.1 Å². The molecule has 132 valence electrons. The molecule has 0 aliphatic carbocycles. The molecule has 9 heteroatoms. The maximum absolute atomic E-state index is 12.4. The second kappa shape index (κ2) is 7.79. The first kappa shape index (κ1) is 17.6. The van der Waals surface area contributed by atoms with Crippen molar-refractivity contribution >= 4 is 29.0 Å². The number of nitrogens with one attached hydrogen (secondary N) is 1. The number of nitro benzene ring substituents is 1. The van der Waals surface area contributed by atoms with Crippen LogP contribution < -0.4 is 5.32 Å². The molecule has 0 saturated carbocycles. The Hall–Kier alpha value is -3.20. The van der Waals surface area contributed by atoms with E-state index in [9.17, 15) is 14.9 Å². The Labute approximate surface area is 153 Å². The molecular weight excluding hydrogens is 354 g/mol. The summed E-state index contributed by atoms with van der Waals surface area (Å²) in [5.74, 6) is -0.280. The van der Waals surface area contributed by atoms with Crippen molar-refractivity contribution in [2.45, 2.75) is 17.3 Å². The van der Waals surface area contributed by atoms with Gasteiger partial charge in [-0.1, -0.05) is 36.0 Å². The van der Waals surface area contributed by atoms with Gasteiger partial charge in [-0.05, 0) is 25.1 Å². The monoisotopic (exact) mass is 369 g/mol. The van der Waals surface area contributed by atoms with Crippen LogP contribution in [0.4, 0.5) is 11.4 Å². The molecule has 8 nitrogen and oxygen atoms in total. The maximum atomic E-state index is 12.4. The lowest BCUT2D eigenvalue weighted by molar-refractivity contribution is -0.384. The SMILES string of the molecule is C[C@@H](Sc1nncn1-c1ccccc1)C(=O)Nc1cccc([N+](=O)[O-])c1. The van der Waals surface area contributed by atoms with E-state index in [0.717, 1.165) is 5.69 Å². The Bertz CT molecular complexity index is 929. The van der Waals surface area contributed by atoms with Gasteiger partial charge in [0.2, 0.25) is 5.91 Å². The van der Waals surface area contributed by atoms with Gasteiger partial charge < -0.3 is 5.32 Å². The zero-order chi connectivity index (χ0) is 18.5. The van der Waals surface area contributed by atoms with E-state index in [1.54, 1.807) is 23.9 Å². The second-order valence-electron chi connectivity index (χ2n) is 5.38. The highest BCUT2D eigenvalue weighted by Gasteiger charge is 2.19. The van der Waals surface area contributed by atoms with Gasteiger partial charge >= 0.3 is 0 Å². The molecule has 0 radical (unpaired) electrons. The Morgan fingerprint density at radius 1 is 1.23 bits per heavy atom. The molecule has 26 heavy (non-hydrogen) atoms. The molecule has 2 aromatic carbocycles. The first-order valence-electron chi connectivity index (χ1n) is 7.72. The average Bonchev–Trinajstić information content (AvgIpc) is 3.10. The fraction of sp³-hybridized carbons (Fsp3) is 0.118. The number of anilines is 1. The van der Waals surface area contributed by atoms with Gasteiger partial charge in [-0.15, -0.1) is 10.2 Å². The summed E-state index contributed by atoms with van der Waals surface area (Å²) < 4.78 is 1.79. The number of hydrogen-bond acceptors (Lipinski definition) is 6. The van der Waals surface area contributed by atoms with E-state index in [-0.39, 0.29) is 11.6 Å². The second-order valence-corrected chi connectivity index (χ2v) is 6.68. The lowest BCUT2D eigenvalue weighted by Gasteiger charge is -2.12. The number of thioether (sulfide) groups is 1. The van der Waals surface area contributed by atoms with Gasteiger partial charge in [0.05, 0.1) is 10.2 Å². The molecular formula is C17H15N5O3S. The number of rotatable bonds is 6. The van der Waals surface area contributed by atoms with Crippen molar-refractivity contribution in [1.82, 2.24) is 14.8 Å². The van der Waals surface area contributed by atoms with Crippen molar-refractivity contribution in [3.8, 4) is 5.69 Å². The first-order chi connectivity index (χ1) is 12.5. The highest BCUT2D eigenvalue weighted by Crippen LogP contribution is 2.25. The molecule has 1 heterocycles. The zero-order valence-electron chi connectivity index (χ0n) is 13.8. The van der Waals surface area contributed by atoms with Crippen molar-refractivity contribution in [3.05, 3.63) is 71.0 Å². The largest absolute Gasteiger partial charge is 0.325 e. The highest BCUT2D eigenvalue weighted by atomic mass is 32.2. The van der Waals surface area contributed by atoms with Gasteiger partial charge in [0.1, 0.15) is 6.33 Å². The van der Waals surface area contributed by atoms with Crippen molar-refractivity contribution in [2.24, 2.45) is 0 Å². The molecule has 3 rings (SSSR count). The van der Waals surface area contributed by atoms with Crippen LogP contribution in [0.5, 0.6) is 0 Å². The quantitative estimate of drug-likeness (QED) is 0.406. The molecule has 1 atom stereocenters. The third-order valence-corrected chi connectivity index (χ3v) is 4.58. The Balaban J connectivity index is 1.70. The third kappa shape index (κ3) is 4.06. The lowest BCUT2D eigenvalue weighted by Crippen LogP contribution is -2.22. The fourth-order valence-corrected chi connectivity index (χ4v) is 3.07. The van der Waals surface area contributed by atoms with Gasteiger partial charge in [-0.3, -0.25) is 19.5 Å². The van der Waals surface area contributed by atoms with E-state index in [1.165, 1.54) is 30.0 Å². The molecule has 1 amide bonds. The molecule has 0 saturated heterocycles. The van der Waals surface area contributed by atoms with Gasteiger partial charge in [-0.25, -0.2) is 0 Å². The van der Waals surface area contributed by atoms with Gasteiger partial charge in [0, 0.05) is 23.5 Å². The fourth-order valence-electron chi connectivity index (χ4n) is 2.22. The molecule has 0 unspecified atom stereocenters. The number of nitrogens with zero attached hydrogens (tertiary/aromatic N) is 4. The summed E-state index contributed by atoms with van der Waals surface area (Å²) in [4.78, 5) is 22.7. The van der Waals surface area contributed by atoms with Gasteiger partial charge in [0.25, 0.3) is 5.69 Å². The highest BCUT2D eigenvalue weighted by molar-refractivity contribution is 8.00. The van der Waals surface area contributed by atoms with Crippen LogP contribution in [0, 0.1) is 10.1 Å². The summed E-state index contributed by atoms with van der Waals surface area (Å²) in [7, 11) is 0. The maximum Gasteiger partial charge on any atom is 0.271 e. The van der Waals surface area contributed by atoms with E-state index in [4.69, 9.17) is 0 Å². The zero-order valence-corrected chi connectivity index (χ0v) is 14.6. The minimum Gasteiger partial charge on any atom is -0.325 e. The average molecular weight is 369 g/mol. The smallest absolute Gasteiger partial charge is 0.271 e. The summed E-state index contributed by atoms with van der Waals surface area (Å²) >= 11 is 1.25. The van der Waals surface area contributed by atoms with Crippen LogP contribution in [0.1, 0.15) is 6.92 Å². The molecule has 0 aliphatic heterocycles. The van der Waals surface area contributed by atoms with Crippen LogP contribution in [-0.4, -0.2) is 30.8 Å². The summed E-state index contributed by atoms with van der Waals surface area (Å²) in [6, 6.07) is 15.4. The Morgan fingerprint density at radius 3 is 2.73 bits per heavy atom. The van der Waals surface area contributed by atoms with E-state index < -0.39 is 10.2 Å². The van der Waals surface area contributed by atoms with Crippen molar-refractivity contribution in [2.75, 3.05) is 5.32 Å². The molecule has 1 aromatic heterocycles. The molecule has 0 fully saturated rings. The van der Waals surface area contributed by atoms with Crippen LogP contribution >= 0.6 is 11.8 Å². The summed E-state index contributed by atoms with van der Waals surface area (Å²) in [6.45, 7) is 1.74. The molecule has 3 aromatic rings. The van der Waals surface area contributed by atoms with Crippen molar-refractivity contribution < 1.29 is 9.72 Å². The van der Waals surface area contributed by atoms with Gasteiger partial charge in [0.15, 0.2) is 5.16 Å². The molecule has 1 N–H and O–H groups in total. The summed E-state index contributed by atoms with van der Waals surface area (Å²) in [5.41, 5.74) is 1.19. The number of benzene rings is 2. The molecule has 0 aliphatic rings. The van der Waals surface area contributed by atoms with Crippen LogP contribution in [0.2, 0.25) is 0 Å². The van der Waals surface area contributed by atoms with Crippen molar-refractivity contribution in [1.29, 1.82) is 0 Å². The summed E-state index contributed by atoms with van der Waals surface area (Å²) in [5, 5.41) is 21.6. The Kier molecular flexibility index (Phi) is 5.28. The molecule has 0 bridgehead atoms. The molecule has 0 spiro atoms. The third-order valence-electron chi connectivity index (χ3n) is 3.53. The Morgan fingerprint density at radius 2 is 2.00 bits per heavy atom. The standard InChI is InChI=1S/C17H15N5O3S/c1-12(16(23)19-13-6-5-9-15(10-13)22(24)25)26-17-20-18-11-21(17)14-7-3-2-4-8-14/h2-12H,1H3,(H,19,23)/t12-/m1/s1. The lowest BCUT2D eigenvalue weighted by atomic mass is 10.2.